The van der Waals surface area contributed by atoms with Gasteiger partial charge >= 0.3 is 5.97 Å². The molecule has 1 aliphatic rings. The summed E-state index contributed by atoms with van der Waals surface area (Å²) >= 11 is 0. The van der Waals surface area contributed by atoms with Crippen LogP contribution in [0.3, 0.4) is 0 Å². The summed E-state index contributed by atoms with van der Waals surface area (Å²) in [5.74, 6) is -0.663. The summed E-state index contributed by atoms with van der Waals surface area (Å²) in [6.07, 6.45) is 2.88. The van der Waals surface area contributed by atoms with Gasteiger partial charge in [0.05, 0.1) is 5.41 Å². The lowest BCUT2D eigenvalue weighted by Gasteiger charge is -2.20. The number of nitrogens with zero attached hydrogens (tertiary/aromatic N) is 1. The highest BCUT2D eigenvalue weighted by Gasteiger charge is 2.39. The summed E-state index contributed by atoms with van der Waals surface area (Å²) in [6.45, 7) is 4.42. The Morgan fingerprint density at radius 3 is 2.77 bits per heavy atom. The molecule has 0 spiro atoms. The van der Waals surface area contributed by atoms with Crippen LogP contribution in [0.4, 0.5) is 0 Å². The van der Waals surface area contributed by atoms with Crippen molar-refractivity contribution in [1.29, 1.82) is 0 Å². The highest BCUT2D eigenvalue weighted by molar-refractivity contribution is 5.85. The number of carboxylic acids is 1. The summed E-state index contributed by atoms with van der Waals surface area (Å²) in [4.78, 5) is 13.6. The van der Waals surface area contributed by atoms with Crippen LogP contribution in [0.5, 0.6) is 0 Å². The van der Waals surface area contributed by atoms with Crippen LogP contribution in [0.15, 0.2) is 42.5 Å². The molecule has 0 saturated carbocycles. The van der Waals surface area contributed by atoms with Crippen LogP contribution >= 0.6 is 0 Å². The molecule has 3 heteroatoms. The second kappa shape index (κ2) is 6.09. The minimum absolute atomic E-state index is 0.556. The zero-order chi connectivity index (χ0) is 15.6. The van der Waals surface area contributed by atoms with Gasteiger partial charge < -0.3 is 10.0 Å². The third-order valence-electron chi connectivity index (χ3n) is 4.87. The fourth-order valence-corrected chi connectivity index (χ4v) is 3.43. The Bertz CT molecular complexity index is 677. The first-order valence-electron chi connectivity index (χ1n) is 8.01. The average molecular weight is 297 g/mol. The van der Waals surface area contributed by atoms with E-state index in [1.165, 1.54) is 16.3 Å². The van der Waals surface area contributed by atoms with E-state index in [9.17, 15) is 9.90 Å². The molecule has 0 bridgehead atoms. The molecule has 116 valence electrons. The zero-order valence-electron chi connectivity index (χ0n) is 13.1. The third-order valence-corrected chi connectivity index (χ3v) is 4.87. The molecule has 1 aliphatic heterocycles. The van der Waals surface area contributed by atoms with E-state index in [1.807, 2.05) is 6.92 Å². The smallest absolute Gasteiger partial charge is 0.310 e. The van der Waals surface area contributed by atoms with Crippen LogP contribution in [0.1, 0.15) is 25.3 Å². The number of likely N-dealkylation sites (tertiary alicyclic amines) is 1. The molecule has 1 saturated heterocycles. The van der Waals surface area contributed by atoms with Gasteiger partial charge in [0.25, 0.3) is 0 Å². The van der Waals surface area contributed by atoms with Crippen molar-refractivity contribution in [1.82, 2.24) is 4.90 Å². The lowest BCUT2D eigenvalue weighted by Crippen LogP contribution is -2.32. The summed E-state index contributed by atoms with van der Waals surface area (Å²) in [7, 11) is 0. The first kappa shape index (κ1) is 15.0. The highest BCUT2D eigenvalue weighted by atomic mass is 16.4. The largest absolute Gasteiger partial charge is 0.481 e. The Labute approximate surface area is 131 Å². The monoisotopic (exact) mass is 297 g/mol. The van der Waals surface area contributed by atoms with Gasteiger partial charge in [0.2, 0.25) is 0 Å². The minimum atomic E-state index is -0.663. The Balaban J connectivity index is 1.58. The SMILES string of the molecule is CC1(C(=O)O)CCN(CCCc2cccc3ccccc23)C1. The van der Waals surface area contributed by atoms with E-state index < -0.39 is 11.4 Å². The van der Waals surface area contributed by atoms with Crippen molar-refractivity contribution < 1.29 is 9.90 Å². The van der Waals surface area contributed by atoms with Crippen molar-refractivity contribution in [3.8, 4) is 0 Å². The molecule has 2 aromatic carbocycles. The van der Waals surface area contributed by atoms with Crippen molar-refractivity contribution in [2.75, 3.05) is 19.6 Å². The summed E-state index contributed by atoms with van der Waals surface area (Å²) < 4.78 is 0. The van der Waals surface area contributed by atoms with Gasteiger partial charge in [0.15, 0.2) is 0 Å². The van der Waals surface area contributed by atoms with Gasteiger partial charge in [-0.05, 0) is 55.6 Å². The third kappa shape index (κ3) is 3.00. The number of carboxylic acid groups (broad SMARTS) is 1. The molecule has 22 heavy (non-hydrogen) atoms. The van der Waals surface area contributed by atoms with E-state index in [0.717, 1.165) is 32.4 Å². The first-order valence-corrected chi connectivity index (χ1v) is 8.01. The standard InChI is InChI=1S/C19H23NO2/c1-19(18(21)22)11-13-20(14-19)12-5-9-16-8-4-7-15-6-2-3-10-17(15)16/h2-4,6-8,10H,5,9,11-14H2,1H3,(H,21,22). The van der Waals surface area contributed by atoms with Gasteiger partial charge in [-0.25, -0.2) is 0 Å². The number of fused-ring (bicyclic) bond motifs is 1. The predicted molar refractivity (Wildman–Crippen MR) is 89.1 cm³/mol. The summed E-state index contributed by atoms with van der Waals surface area (Å²) in [5.41, 5.74) is 0.831. The van der Waals surface area contributed by atoms with Crippen molar-refractivity contribution in [2.24, 2.45) is 5.41 Å². The normalized spacial score (nSPS) is 22.2. The zero-order valence-corrected chi connectivity index (χ0v) is 13.1. The van der Waals surface area contributed by atoms with Crippen LogP contribution in [0.2, 0.25) is 0 Å². The van der Waals surface area contributed by atoms with Crippen molar-refractivity contribution in [2.45, 2.75) is 26.2 Å². The molecule has 3 nitrogen and oxygen atoms in total. The molecule has 3 rings (SSSR count). The predicted octanol–water partition coefficient (Wildman–Crippen LogP) is 3.57. The fourth-order valence-electron chi connectivity index (χ4n) is 3.43. The van der Waals surface area contributed by atoms with Gasteiger partial charge in [-0.2, -0.15) is 0 Å². The number of hydrogen-bond acceptors (Lipinski definition) is 2. The quantitative estimate of drug-likeness (QED) is 0.917. The molecule has 0 aromatic heterocycles. The molecule has 2 aromatic rings. The number of rotatable bonds is 5. The van der Waals surface area contributed by atoms with Gasteiger partial charge in [0.1, 0.15) is 0 Å². The second-order valence-corrected chi connectivity index (χ2v) is 6.63. The molecule has 1 heterocycles. The Hall–Kier alpha value is -1.87. The Morgan fingerprint density at radius 1 is 1.23 bits per heavy atom. The highest BCUT2D eigenvalue weighted by Crippen LogP contribution is 2.30. The van der Waals surface area contributed by atoms with E-state index in [0.29, 0.717) is 6.54 Å². The molecule has 0 aliphatic carbocycles. The average Bonchev–Trinajstić information content (AvgIpc) is 2.91. The molecule has 0 amide bonds. The van der Waals surface area contributed by atoms with Crippen LogP contribution in [0, 0.1) is 5.41 Å². The topological polar surface area (TPSA) is 40.5 Å². The molecule has 1 fully saturated rings. The van der Waals surface area contributed by atoms with E-state index in [-0.39, 0.29) is 0 Å². The van der Waals surface area contributed by atoms with Crippen LogP contribution in [-0.2, 0) is 11.2 Å². The molecular weight excluding hydrogens is 274 g/mol. The Morgan fingerprint density at radius 2 is 2.00 bits per heavy atom. The van der Waals surface area contributed by atoms with Gasteiger partial charge in [-0.1, -0.05) is 42.5 Å². The van der Waals surface area contributed by atoms with Crippen molar-refractivity contribution in [3.05, 3.63) is 48.0 Å². The minimum Gasteiger partial charge on any atom is -0.481 e. The number of aryl methyl sites for hydroxylation is 1. The lowest BCUT2D eigenvalue weighted by atomic mass is 9.90. The van der Waals surface area contributed by atoms with E-state index in [2.05, 4.69) is 47.4 Å². The van der Waals surface area contributed by atoms with E-state index >= 15 is 0 Å². The number of benzene rings is 2. The van der Waals surface area contributed by atoms with Crippen molar-refractivity contribution >= 4 is 16.7 Å². The Kier molecular flexibility index (Phi) is 4.16. The van der Waals surface area contributed by atoms with Gasteiger partial charge in [-0.3, -0.25) is 4.79 Å². The molecule has 1 unspecified atom stereocenters. The molecule has 1 N–H and O–H groups in total. The van der Waals surface area contributed by atoms with Gasteiger partial charge in [-0.15, -0.1) is 0 Å². The second-order valence-electron chi connectivity index (χ2n) is 6.63. The summed E-state index contributed by atoms with van der Waals surface area (Å²) in [6, 6.07) is 15.0. The van der Waals surface area contributed by atoms with E-state index in [4.69, 9.17) is 0 Å². The number of carbonyl (C=O) groups is 1. The molecule has 1 atom stereocenters. The number of aliphatic carboxylic acids is 1. The number of hydrogen-bond donors (Lipinski definition) is 1. The lowest BCUT2D eigenvalue weighted by molar-refractivity contribution is -0.147. The maximum Gasteiger partial charge on any atom is 0.310 e. The van der Waals surface area contributed by atoms with Crippen LogP contribution < -0.4 is 0 Å². The van der Waals surface area contributed by atoms with Crippen LogP contribution in [0.25, 0.3) is 10.8 Å². The fraction of sp³-hybridized carbons (Fsp3) is 0.421. The van der Waals surface area contributed by atoms with Gasteiger partial charge in [0, 0.05) is 6.54 Å². The summed E-state index contributed by atoms with van der Waals surface area (Å²) in [5, 5.41) is 11.9. The maximum absolute atomic E-state index is 11.3. The molecule has 0 radical (unpaired) electrons. The maximum atomic E-state index is 11.3. The van der Waals surface area contributed by atoms with E-state index in [1.54, 1.807) is 0 Å². The van der Waals surface area contributed by atoms with Crippen molar-refractivity contribution in [3.63, 3.8) is 0 Å². The first-order chi connectivity index (χ1) is 10.6. The van der Waals surface area contributed by atoms with Crippen LogP contribution in [-0.4, -0.2) is 35.6 Å². The molecular formula is C19H23NO2.